The Labute approximate surface area is 774 Å². The van der Waals surface area contributed by atoms with Crippen molar-refractivity contribution in [2.75, 3.05) is 0 Å². The van der Waals surface area contributed by atoms with Crippen LogP contribution in [0.1, 0.15) is 157 Å². The number of carbonyl (C=O) groups is 3. The van der Waals surface area contributed by atoms with E-state index < -0.39 is 0 Å². The molecule has 3 radical (unpaired) electrons. The summed E-state index contributed by atoms with van der Waals surface area (Å²) in [6, 6.07) is 101. The molecule has 0 fully saturated rings. The molecule has 6 heterocycles. The van der Waals surface area contributed by atoms with Crippen molar-refractivity contribution in [3.8, 4) is 98.5 Å². The Morgan fingerprint density at radius 2 is 0.631 bits per heavy atom. The molecule has 9 nitrogen and oxygen atoms in total. The van der Waals surface area contributed by atoms with Gasteiger partial charge >= 0.3 is 0 Å². The molecule has 6 aromatic heterocycles. The SMILES string of the molecule is CC(=O)C=C(C)O.CC(=O)C=C(C)O.CC(=O)C=C(C)O.CC(C)(C)c1cc(-c2cc3ccc(-c4[c-]ccc(-c5ccccc5)c4)nc3s2)cc(C(C)(C)C)c1.CC(C)c1ccc(-c2cc3ccc(-c4[c-]ccc(-c5ccccc5)c4)nc3s2)cc1.Cc1cc(C(C)(C)C)cc(C)c1-c1cc2ccc(-c3[c-]ccc(-c4ccccc4)c3)nc2s1.[Ir].[Ir].[Ir]. The largest absolute Gasteiger partial charge is 0.512 e. The standard InChI is InChI=1S/C33H32NS.C31H28NS.C28H22NS.3C5H8O2.3Ir/c1-32(2,3)27-18-26(19-28(21-27)33(4,5)6)30-20-25-15-16-29(34-31(25)35-30)24-14-10-13-23(17-24)22-11-8-7-9-12-22;1-20-16-26(31(3,4)5)17-21(2)29(20)28-19-25-14-15-27(32-30(25)33-28)24-13-9-12-23(18-24)22-10-7-6-8-11-22;1-19(2)20-11-13-22(14-12-20)27-18-25-15-16-26(29-28(25)30-27)24-10-6-9-23(17-24)21-7-4-3-5-8-21;3*1-4(6)3-5(2)7;;;/h7-13,15-21H,1-6H3;6-12,14-19H,1-5H3;3-9,11-19H,1-2H3;3*3,6H,1-2H3;;;/q3*-1;;;;;;. The number of aryl methyl sites for hydroxylation is 2. The molecule has 0 amide bonds. The van der Waals surface area contributed by atoms with Gasteiger partial charge in [-0.1, -0.05) is 246 Å². The maximum atomic E-state index is 10.0. The van der Waals surface area contributed by atoms with Crippen LogP contribution in [0.15, 0.2) is 290 Å². The van der Waals surface area contributed by atoms with Crippen molar-refractivity contribution in [3.05, 3.63) is 342 Å². The van der Waals surface area contributed by atoms with Crippen LogP contribution in [0.4, 0.5) is 0 Å². The number of aliphatic hydroxyl groups excluding tert-OH is 3. The van der Waals surface area contributed by atoms with Crippen LogP contribution in [0.3, 0.4) is 0 Å². The van der Waals surface area contributed by atoms with Gasteiger partial charge in [-0.15, -0.1) is 140 Å². The van der Waals surface area contributed by atoms with E-state index in [0.717, 1.165) is 48.3 Å². The van der Waals surface area contributed by atoms with Crippen molar-refractivity contribution in [2.45, 2.75) is 154 Å². The van der Waals surface area contributed by atoms with Crippen LogP contribution in [0.25, 0.3) is 129 Å². The maximum Gasteiger partial charge on any atom is 0.155 e. The Kier molecular flexibility index (Phi) is 36.4. The molecule has 0 unspecified atom stereocenters. The Morgan fingerprint density at radius 3 is 0.918 bits per heavy atom. The number of aromatic nitrogens is 3. The summed E-state index contributed by atoms with van der Waals surface area (Å²) in [5, 5.41) is 28.7. The minimum absolute atomic E-state index is 0. The molecule has 15 rings (SSSR count). The first kappa shape index (κ1) is 99.0. The summed E-state index contributed by atoms with van der Waals surface area (Å²) in [6.45, 7) is 38.0. The van der Waals surface area contributed by atoms with Crippen molar-refractivity contribution in [2.24, 2.45) is 0 Å². The number of aliphatic hydroxyl groups is 3. The first-order valence-electron chi connectivity index (χ1n) is 39.9. The molecule has 633 valence electrons. The molecule has 0 aliphatic heterocycles. The Balaban J connectivity index is 0.000000222. The molecule has 0 spiro atoms. The predicted octanol–water partition coefficient (Wildman–Crippen LogP) is 30.0. The summed E-state index contributed by atoms with van der Waals surface area (Å²) in [4.78, 5) is 52.1. The van der Waals surface area contributed by atoms with Crippen LogP contribution in [0, 0.1) is 32.0 Å². The second kappa shape index (κ2) is 44.8. The van der Waals surface area contributed by atoms with Crippen LogP contribution in [-0.4, -0.2) is 47.6 Å². The number of nitrogens with zero attached hydrogens (tertiary/aromatic N) is 3. The summed E-state index contributed by atoms with van der Waals surface area (Å²) >= 11 is 5.30. The molecule has 9 aromatic carbocycles. The second-order valence-corrected chi connectivity index (χ2v) is 36.3. The average Bonchev–Trinajstić information content (AvgIpc) is 1.61. The van der Waals surface area contributed by atoms with E-state index in [1.165, 1.54) is 174 Å². The third kappa shape index (κ3) is 28.2. The van der Waals surface area contributed by atoms with E-state index in [9.17, 15) is 14.4 Å². The first-order chi connectivity index (χ1) is 56.4. The summed E-state index contributed by atoms with van der Waals surface area (Å²) in [5.41, 5.74) is 25.5. The van der Waals surface area contributed by atoms with Gasteiger partial charge in [0.1, 0.15) is 14.5 Å². The Bertz CT molecular complexity index is 6030. The molecule has 122 heavy (non-hydrogen) atoms. The molecule has 0 saturated carbocycles. The van der Waals surface area contributed by atoms with Gasteiger partial charge in [0.15, 0.2) is 17.3 Å². The number of ketones is 3. The predicted molar refractivity (Wildman–Crippen MR) is 505 cm³/mol. The van der Waals surface area contributed by atoms with Crippen LogP contribution in [-0.2, 0) is 90.9 Å². The third-order valence-corrected chi connectivity index (χ3v) is 22.6. The van der Waals surface area contributed by atoms with Gasteiger partial charge in [0.2, 0.25) is 0 Å². The monoisotopic (exact) mass is 2200 g/mol. The fraction of sp³-hybridized carbons (Fsp3) is 0.215. The molecular formula is C107H106Ir3N3O6S3-3. The fourth-order valence-electron chi connectivity index (χ4n) is 13.2. The van der Waals surface area contributed by atoms with E-state index in [0.29, 0.717) is 5.92 Å². The van der Waals surface area contributed by atoms with E-state index in [2.05, 4.69) is 327 Å². The van der Waals surface area contributed by atoms with Crippen molar-refractivity contribution in [1.29, 1.82) is 0 Å². The number of rotatable bonds is 13. The molecule has 0 atom stereocenters. The summed E-state index contributed by atoms with van der Waals surface area (Å²) in [7, 11) is 0. The molecular weight excluding hydrogens is 2100 g/mol. The van der Waals surface area contributed by atoms with Crippen molar-refractivity contribution < 1.29 is 90.0 Å². The molecule has 15 aromatic rings. The molecule has 0 bridgehead atoms. The van der Waals surface area contributed by atoms with Gasteiger partial charge in [-0.05, 0) is 192 Å². The van der Waals surface area contributed by atoms with Crippen molar-refractivity contribution in [1.82, 2.24) is 15.0 Å². The van der Waals surface area contributed by atoms with Crippen molar-refractivity contribution >= 4 is 82.0 Å². The number of carbonyl (C=O) groups excluding carboxylic acids is 3. The van der Waals surface area contributed by atoms with Crippen LogP contribution < -0.4 is 0 Å². The van der Waals surface area contributed by atoms with Gasteiger partial charge in [-0.25, -0.2) is 0 Å². The van der Waals surface area contributed by atoms with E-state index in [4.69, 9.17) is 30.3 Å². The maximum absolute atomic E-state index is 10.0. The van der Waals surface area contributed by atoms with Crippen LogP contribution in [0.5, 0.6) is 0 Å². The molecule has 0 aliphatic carbocycles. The van der Waals surface area contributed by atoms with Gasteiger partial charge in [0.05, 0.1) is 17.3 Å². The number of fused-ring (bicyclic) bond motifs is 3. The normalized spacial score (nSPS) is 11.5. The zero-order valence-corrected chi connectivity index (χ0v) is 82.3. The molecule has 15 heteroatoms. The minimum atomic E-state index is -0.125. The average molecular weight is 2200 g/mol. The van der Waals surface area contributed by atoms with Gasteiger partial charge in [0.25, 0.3) is 0 Å². The van der Waals surface area contributed by atoms with Crippen LogP contribution in [0.2, 0.25) is 0 Å². The summed E-state index contributed by atoms with van der Waals surface area (Å²) < 4.78 is 0. The molecule has 3 N–H and O–H groups in total. The Morgan fingerprint density at radius 1 is 0.336 bits per heavy atom. The minimum Gasteiger partial charge on any atom is -0.512 e. The second-order valence-electron chi connectivity index (χ2n) is 33.2. The van der Waals surface area contributed by atoms with E-state index in [1.54, 1.807) is 34.0 Å². The first-order valence-corrected chi connectivity index (χ1v) is 42.3. The van der Waals surface area contributed by atoms with Gasteiger partial charge < -0.3 is 15.3 Å². The van der Waals surface area contributed by atoms with Gasteiger partial charge in [0, 0.05) is 109 Å². The zero-order chi connectivity index (χ0) is 86.0. The van der Waals surface area contributed by atoms with Gasteiger partial charge in [-0.2, -0.15) is 0 Å². The zero-order valence-electron chi connectivity index (χ0n) is 72.7. The van der Waals surface area contributed by atoms with E-state index in [-0.39, 0.29) is 111 Å². The quantitative estimate of drug-likeness (QED) is 0.0582. The van der Waals surface area contributed by atoms with Crippen LogP contribution >= 0.6 is 34.0 Å². The van der Waals surface area contributed by atoms with E-state index >= 15 is 0 Å². The third-order valence-electron chi connectivity index (χ3n) is 19.4. The van der Waals surface area contributed by atoms with Crippen molar-refractivity contribution in [3.63, 3.8) is 0 Å². The topological polar surface area (TPSA) is 151 Å². The summed E-state index contributed by atoms with van der Waals surface area (Å²) in [5.74, 6) is 0.362. The van der Waals surface area contributed by atoms with Gasteiger partial charge in [-0.3, -0.25) is 29.3 Å². The smallest absolute Gasteiger partial charge is 0.155 e. The number of hydrogen-bond donors (Lipinski definition) is 3. The summed E-state index contributed by atoms with van der Waals surface area (Å²) in [6.07, 6.45) is 3.50. The number of allylic oxidation sites excluding steroid dienone is 6. The number of benzene rings is 9. The number of hydrogen-bond acceptors (Lipinski definition) is 12. The number of pyridine rings is 3. The number of thiophene rings is 3. The molecule has 0 aliphatic rings. The Hall–Kier alpha value is -10.1. The van der Waals surface area contributed by atoms with E-state index in [1.807, 2.05) is 36.4 Å². The fourth-order valence-corrected chi connectivity index (χ4v) is 16.5. The molecule has 0 saturated heterocycles.